The van der Waals surface area contributed by atoms with Crippen LogP contribution in [0.3, 0.4) is 0 Å². The summed E-state index contributed by atoms with van der Waals surface area (Å²) in [4.78, 5) is 2.37. The average molecular weight is 263 g/mol. The third-order valence-electron chi connectivity index (χ3n) is 3.85. The molecule has 0 unspecified atom stereocenters. The minimum atomic E-state index is 0.769. The Morgan fingerprint density at radius 1 is 1.15 bits per heavy atom. The van der Waals surface area contributed by atoms with Crippen molar-refractivity contribution in [2.24, 2.45) is 0 Å². The lowest BCUT2D eigenvalue weighted by Gasteiger charge is -2.29. The van der Waals surface area contributed by atoms with E-state index < -0.39 is 0 Å². The standard InChI is InChI=1S/C17H17N3/c18-10-14-3-1-2-4-15(14)11-20-8-7-13-5-6-17(19)9-16(13)12-20/h1-6,9H,7-8,11-12,19H2. The van der Waals surface area contributed by atoms with Crippen LogP contribution >= 0.6 is 0 Å². The van der Waals surface area contributed by atoms with Gasteiger partial charge in [-0.15, -0.1) is 0 Å². The van der Waals surface area contributed by atoms with E-state index in [1.165, 1.54) is 11.1 Å². The van der Waals surface area contributed by atoms with E-state index in [2.05, 4.69) is 23.1 Å². The first kappa shape index (κ1) is 12.7. The van der Waals surface area contributed by atoms with Gasteiger partial charge in [0.05, 0.1) is 11.6 Å². The van der Waals surface area contributed by atoms with Gasteiger partial charge >= 0.3 is 0 Å². The SMILES string of the molecule is N#Cc1ccccc1CN1CCc2ccc(N)cc2C1. The summed E-state index contributed by atoms with van der Waals surface area (Å²) >= 11 is 0. The molecule has 0 aromatic heterocycles. The Bertz CT molecular complexity index is 670. The second-order valence-electron chi connectivity index (χ2n) is 5.26. The van der Waals surface area contributed by atoms with E-state index in [-0.39, 0.29) is 0 Å². The van der Waals surface area contributed by atoms with Crippen molar-refractivity contribution in [3.8, 4) is 6.07 Å². The third-order valence-corrected chi connectivity index (χ3v) is 3.85. The van der Waals surface area contributed by atoms with Gasteiger partial charge in [-0.05, 0) is 41.3 Å². The fourth-order valence-corrected chi connectivity index (χ4v) is 2.78. The maximum Gasteiger partial charge on any atom is 0.0995 e. The lowest BCUT2D eigenvalue weighted by atomic mass is 9.98. The molecule has 2 aromatic rings. The first-order chi connectivity index (χ1) is 9.76. The molecule has 3 nitrogen and oxygen atoms in total. The lowest BCUT2D eigenvalue weighted by Crippen LogP contribution is -2.30. The highest BCUT2D eigenvalue weighted by molar-refractivity contribution is 5.45. The molecular weight excluding hydrogens is 246 g/mol. The van der Waals surface area contributed by atoms with Crippen molar-refractivity contribution in [1.82, 2.24) is 4.90 Å². The molecule has 100 valence electrons. The van der Waals surface area contributed by atoms with E-state index in [0.29, 0.717) is 0 Å². The zero-order chi connectivity index (χ0) is 13.9. The Balaban J connectivity index is 1.79. The van der Waals surface area contributed by atoms with Crippen LogP contribution in [-0.2, 0) is 19.5 Å². The van der Waals surface area contributed by atoms with Crippen molar-refractivity contribution >= 4 is 5.69 Å². The van der Waals surface area contributed by atoms with E-state index in [0.717, 1.165) is 42.9 Å². The summed E-state index contributed by atoms with van der Waals surface area (Å²) in [5, 5.41) is 9.16. The maximum absolute atomic E-state index is 9.16. The number of rotatable bonds is 2. The Morgan fingerprint density at radius 2 is 2.00 bits per heavy atom. The summed E-state index contributed by atoms with van der Waals surface area (Å²) in [7, 11) is 0. The fourth-order valence-electron chi connectivity index (χ4n) is 2.78. The molecule has 3 heteroatoms. The van der Waals surface area contributed by atoms with Crippen LogP contribution in [0, 0.1) is 11.3 Å². The summed E-state index contributed by atoms with van der Waals surface area (Å²) in [6, 6.07) is 16.3. The predicted octanol–water partition coefficient (Wildman–Crippen LogP) is 2.70. The van der Waals surface area contributed by atoms with Crippen LogP contribution in [0.25, 0.3) is 0 Å². The van der Waals surface area contributed by atoms with Crippen molar-refractivity contribution in [1.29, 1.82) is 5.26 Å². The smallest absolute Gasteiger partial charge is 0.0995 e. The minimum absolute atomic E-state index is 0.769. The monoisotopic (exact) mass is 263 g/mol. The van der Waals surface area contributed by atoms with E-state index in [1.54, 1.807) is 0 Å². The highest BCUT2D eigenvalue weighted by atomic mass is 15.1. The van der Waals surface area contributed by atoms with Crippen LogP contribution in [0.4, 0.5) is 5.69 Å². The Labute approximate surface area is 119 Å². The zero-order valence-electron chi connectivity index (χ0n) is 11.3. The Hall–Kier alpha value is -2.31. The van der Waals surface area contributed by atoms with Gasteiger partial charge in [0.1, 0.15) is 0 Å². The summed E-state index contributed by atoms with van der Waals surface area (Å²) < 4.78 is 0. The second kappa shape index (κ2) is 5.36. The Kier molecular flexibility index (Phi) is 3.41. The molecule has 0 spiro atoms. The molecule has 1 aliphatic rings. The van der Waals surface area contributed by atoms with Crippen molar-refractivity contribution in [3.05, 3.63) is 64.7 Å². The van der Waals surface area contributed by atoms with Gasteiger partial charge in [0.25, 0.3) is 0 Å². The molecule has 2 N–H and O–H groups in total. The van der Waals surface area contributed by atoms with Crippen LogP contribution in [-0.4, -0.2) is 11.4 Å². The number of benzene rings is 2. The molecule has 1 aliphatic heterocycles. The van der Waals surface area contributed by atoms with Crippen LogP contribution < -0.4 is 5.73 Å². The predicted molar refractivity (Wildman–Crippen MR) is 79.8 cm³/mol. The van der Waals surface area contributed by atoms with Gasteiger partial charge in [0, 0.05) is 25.3 Å². The van der Waals surface area contributed by atoms with Gasteiger partial charge in [-0.25, -0.2) is 0 Å². The maximum atomic E-state index is 9.16. The summed E-state index contributed by atoms with van der Waals surface area (Å²) in [5.41, 5.74) is 11.3. The largest absolute Gasteiger partial charge is 0.399 e. The summed E-state index contributed by atoms with van der Waals surface area (Å²) in [6.45, 7) is 2.74. The molecule has 20 heavy (non-hydrogen) atoms. The molecule has 0 saturated heterocycles. The molecule has 0 aliphatic carbocycles. The topological polar surface area (TPSA) is 53.0 Å². The number of nitriles is 1. The number of nitrogen functional groups attached to an aromatic ring is 1. The van der Waals surface area contributed by atoms with Crippen molar-refractivity contribution in [2.45, 2.75) is 19.5 Å². The van der Waals surface area contributed by atoms with Gasteiger partial charge in [-0.3, -0.25) is 4.90 Å². The number of nitrogens with two attached hydrogens (primary N) is 1. The highest BCUT2D eigenvalue weighted by Gasteiger charge is 2.17. The Morgan fingerprint density at radius 3 is 2.85 bits per heavy atom. The summed E-state index contributed by atoms with van der Waals surface area (Å²) in [6.07, 6.45) is 1.05. The average Bonchev–Trinajstić information content (AvgIpc) is 2.47. The van der Waals surface area contributed by atoms with Crippen molar-refractivity contribution < 1.29 is 0 Å². The highest BCUT2D eigenvalue weighted by Crippen LogP contribution is 2.23. The normalized spacial score (nSPS) is 14.6. The molecule has 0 amide bonds. The molecule has 0 saturated carbocycles. The molecule has 2 aromatic carbocycles. The van der Waals surface area contributed by atoms with Crippen LogP contribution in [0.5, 0.6) is 0 Å². The minimum Gasteiger partial charge on any atom is -0.399 e. The number of fused-ring (bicyclic) bond motifs is 1. The van der Waals surface area contributed by atoms with Crippen LogP contribution in [0.1, 0.15) is 22.3 Å². The molecule has 0 atom stereocenters. The van der Waals surface area contributed by atoms with E-state index >= 15 is 0 Å². The molecule has 3 rings (SSSR count). The quantitative estimate of drug-likeness (QED) is 0.848. The van der Waals surface area contributed by atoms with Gasteiger partial charge in [0.15, 0.2) is 0 Å². The van der Waals surface area contributed by atoms with E-state index in [1.807, 2.05) is 30.3 Å². The third kappa shape index (κ3) is 2.52. The fraction of sp³-hybridized carbons (Fsp3) is 0.235. The van der Waals surface area contributed by atoms with Crippen LogP contribution in [0.2, 0.25) is 0 Å². The molecule has 0 radical (unpaired) electrons. The van der Waals surface area contributed by atoms with Gasteiger partial charge in [-0.2, -0.15) is 5.26 Å². The summed E-state index contributed by atoms with van der Waals surface area (Å²) in [5.74, 6) is 0. The van der Waals surface area contributed by atoms with E-state index in [4.69, 9.17) is 11.0 Å². The number of hydrogen-bond donors (Lipinski definition) is 1. The molecule has 0 fully saturated rings. The lowest BCUT2D eigenvalue weighted by molar-refractivity contribution is 0.245. The van der Waals surface area contributed by atoms with E-state index in [9.17, 15) is 0 Å². The first-order valence-electron chi connectivity index (χ1n) is 6.84. The second-order valence-corrected chi connectivity index (χ2v) is 5.26. The van der Waals surface area contributed by atoms with Gasteiger partial charge < -0.3 is 5.73 Å². The van der Waals surface area contributed by atoms with Gasteiger partial charge in [-0.1, -0.05) is 24.3 Å². The molecule has 0 bridgehead atoms. The molecule has 1 heterocycles. The number of nitrogens with zero attached hydrogens (tertiary/aromatic N) is 2. The first-order valence-corrected chi connectivity index (χ1v) is 6.84. The van der Waals surface area contributed by atoms with Crippen molar-refractivity contribution in [3.63, 3.8) is 0 Å². The van der Waals surface area contributed by atoms with Gasteiger partial charge in [0.2, 0.25) is 0 Å². The van der Waals surface area contributed by atoms with Crippen molar-refractivity contribution in [2.75, 3.05) is 12.3 Å². The number of anilines is 1. The number of hydrogen-bond acceptors (Lipinski definition) is 3. The zero-order valence-corrected chi connectivity index (χ0v) is 11.3. The van der Waals surface area contributed by atoms with Crippen LogP contribution in [0.15, 0.2) is 42.5 Å². The molecular formula is C17H17N3.